The quantitative estimate of drug-likeness (QED) is 0.718. The van der Waals surface area contributed by atoms with Crippen LogP contribution >= 0.6 is 0 Å². The summed E-state index contributed by atoms with van der Waals surface area (Å²) in [4.78, 5) is 0. The number of aliphatic hydroxyl groups excluding tert-OH is 1. The van der Waals surface area contributed by atoms with E-state index in [2.05, 4.69) is 6.92 Å². The van der Waals surface area contributed by atoms with Gasteiger partial charge < -0.3 is 5.11 Å². The molecule has 0 amide bonds. The predicted octanol–water partition coefficient (Wildman–Crippen LogP) is 5.03. The molecule has 0 spiro atoms. The second-order valence-corrected chi connectivity index (χ2v) is 9.19. The molecule has 21 heavy (non-hydrogen) atoms. The van der Waals surface area contributed by atoms with Crippen molar-refractivity contribution in [2.24, 2.45) is 40.9 Å². The van der Waals surface area contributed by atoms with Crippen molar-refractivity contribution < 1.29 is 5.11 Å². The molecule has 1 heteroatoms. The summed E-state index contributed by atoms with van der Waals surface area (Å²) >= 11 is 0. The van der Waals surface area contributed by atoms with Gasteiger partial charge in [-0.1, -0.05) is 26.2 Å². The maximum atomic E-state index is 10.2. The minimum Gasteiger partial charge on any atom is -0.393 e. The lowest BCUT2D eigenvalue weighted by atomic mass is 9.49. The Balaban J connectivity index is 1.57. The SMILES string of the molecule is CC(O)[C@H]1CCC2[C@@H]3CCC4CCCC[C@@H]4C3CCC21C. The lowest BCUT2D eigenvalue weighted by molar-refractivity contribution is -0.0775. The van der Waals surface area contributed by atoms with Crippen LogP contribution in [0.5, 0.6) is 0 Å². The van der Waals surface area contributed by atoms with Crippen LogP contribution in [0.4, 0.5) is 0 Å². The van der Waals surface area contributed by atoms with Crippen LogP contribution in [0.3, 0.4) is 0 Å². The number of hydrogen-bond acceptors (Lipinski definition) is 1. The zero-order valence-electron chi connectivity index (χ0n) is 14.1. The molecule has 0 radical (unpaired) electrons. The van der Waals surface area contributed by atoms with E-state index in [4.69, 9.17) is 0 Å². The molecule has 0 aromatic rings. The Kier molecular flexibility index (Phi) is 3.64. The molecule has 4 aliphatic carbocycles. The van der Waals surface area contributed by atoms with Gasteiger partial charge in [-0.2, -0.15) is 0 Å². The normalized spacial score (nSPS) is 54.4. The minimum absolute atomic E-state index is 0.0948. The van der Waals surface area contributed by atoms with Gasteiger partial charge in [-0.3, -0.25) is 0 Å². The smallest absolute Gasteiger partial charge is 0.0545 e. The number of fused-ring (bicyclic) bond motifs is 5. The van der Waals surface area contributed by atoms with Crippen LogP contribution in [0.2, 0.25) is 0 Å². The van der Waals surface area contributed by atoms with Crippen LogP contribution < -0.4 is 0 Å². The average Bonchev–Trinajstić information content (AvgIpc) is 2.84. The number of aliphatic hydroxyl groups is 1. The molecular weight excluding hydrogens is 256 g/mol. The first-order chi connectivity index (χ1) is 10.1. The van der Waals surface area contributed by atoms with E-state index in [1.807, 2.05) is 6.92 Å². The maximum Gasteiger partial charge on any atom is 0.0545 e. The molecule has 4 rings (SSSR count). The summed E-state index contributed by atoms with van der Waals surface area (Å²) in [6.45, 7) is 4.58. The molecule has 0 heterocycles. The third-order valence-electron chi connectivity index (χ3n) is 8.54. The Morgan fingerprint density at radius 1 is 0.857 bits per heavy atom. The van der Waals surface area contributed by atoms with Crippen LogP contribution in [-0.4, -0.2) is 11.2 Å². The molecule has 0 bridgehead atoms. The van der Waals surface area contributed by atoms with Gasteiger partial charge in [-0.05, 0) is 92.8 Å². The van der Waals surface area contributed by atoms with Crippen molar-refractivity contribution in [1.29, 1.82) is 0 Å². The van der Waals surface area contributed by atoms with Crippen molar-refractivity contribution in [3.63, 3.8) is 0 Å². The van der Waals surface area contributed by atoms with E-state index in [1.54, 1.807) is 0 Å². The summed E-state index contributed by atoms with van der Waals surface area (Å²) in [6.07, 6.45) is 14.6. The molecule has 4 fully saturated rings. The fourth-order valence-electron chi connectivity index (χ4n) is 7.66. The van der Waals surface area contributed by atoms with Gasteiger partial charge >= 0.3 is 0 Å². The maximum absolute atomic E-state index is 10.2. The van der Waals surface area contributed by atoms with Crippen molar-refractivity contribution in [3.05, 3.63) is 0 Å². The van der Waals surface area contributed by atoms with Crippen LogP contribution in [0.25, 0.3) is 0 Å². The van der Waals surface area contributed by atoms with E-state index in [1.165, 1.54) is 64.2 Å². The largest absolute Gasteiger partial charge is 0.393 e. The van der Waals surface area contributed by atoms with E-state index in [0.717, 1.165) is 29.6 Å². The second-order valence-electron chi connectivity index (χ2n) is 9.19. The van der Waals surface area contributed by atoms with Crippen molar-refractivity contribution in [3.8, 4) is 0 Å². The highest BCUT2D eigenvalue weighted by atomic mass is 16.3. The highest BCUT2D eigenvalue weighted by molar-refractivity contribution is 5.06. The molecule has 120 valence electrons. The molecule has 4 saturated carbocycles. The summed E-state index contributed by atoms with van der Waals surface area (Å²) in [5.41, 5.74) is 0.455. The molecule has 0 aromatic carbocycles. The van der Waals surface area contributed by atoms with E-state index in [9.17, 15) is 5.11 Å². The fourth-order valence-corrected chi connectivity index (χ4v) is 7.66. The summed E-state index contributed by atoms with van der Waals surface area (Å²) in [5, 5.41) is 10.2. The average molecular weight is 290 g/mol. The van der Waals surface area contributed by atoms with Gasteiger partial charge in [0.1, 0.15) is 0 Å². The minimum atomic E-state index is -0.0948. The van der Waals surface area contributed by atoms with Gasteiger partial charge in [0.2, 0.25) is 0 Å². The topological polar surface area (TPSA) is 20.2 Å². The van der Waals surface area contributed by atoms with E-state index < -0.39 is 0 Å². The molecule has 0 aliphatic heterocycles. The van der Waals surface area contributed by atoms with Crippen molar-refractivity contribution in [2.45, 2.75) is 84.2 Å². The van der Waals surface area contributed by atoms with Crippen LogP contribution in [0.1, 0.15) is 78.1 Å². The van der Waals surface area contributed by atoms with Gasteiger partial charge in [-0.15, -0.1) is 0 Å². The number of rotatable bonds is 1. The fraction of sp³-hybridized carbons (Fsp3) is 1.00. The standard InChI is InChI=1S/C20H34O/c1-13(21)18-9-10-19-17-8-7-14-5-3-4-6-15(14)16(17)11-12-20(18,19)2/h13-19,21H,3-12H2,1-2H3/t13?,14?,15-,16?,17+,18+,19?,20?/m0/s1. The molecule has 0 aromatic heterocycles. The summed E-state index contributed by atoms with van der Waals surface area (Å²) in [5.74, 6) is 5.72. The number of hydrogen-bond donors (Lipinski definition) is 1. The van der Waals surface area contributed by atoms with Gasteiger partial charge in [0.05, 0.1) is 6.10 Å². The van der Waals surface area contributed by atoms with Crippen molar-refractivity contribution >= 4 is 0 Å². The molecule has 5 unspecified atom stereocenters. The molecule has 0 saturated heterocycles. The Morgan fingerprint density at radius 2 is 1.67 bits per heavy atom. The zero-order valence-corrected chi connectivity index (χ0v) is 14.1. The van der Waals surface area contributed by atoms with Gasteiger partial charge in [0.15, 0.2) is 0 Å². The van der Waals surface area contributed by atoms with E-state index in [-0.39, 0.29) is 6.10 Å². The Bertz CT molecular complexity index is 389. The van der Waals surface area contributed by atoms with Crippen LogP contribution in [0.15, 0.2) is 0 Å². The van der Waals surface area contributed by atoms with Crippen LogP contribution in [-0.2, 0) is 0 Å². The lowest BCUT2D eigenvalue weighted by Crippen LogP contribution is -2.49. The Morgan fingerprint density at radius 3 is 2.48 bits per heavy atom. The molecule has 1 nitrogen and oxygen atoms in total. The van der Waals surface area contributed by atoms with Gasteiger partial charge in [0.25, 0.3) is 0 Å². The van der Waals surface area contributed by atoms with Crippen LogP contribution in [0, 0.1) is 40.9 Å². The van der Waals surface area contributed by atoms with Crippen molar-refractivity contribution in [2.75, 3.05) is 0 Å². The highest BCUT2D eigenvalue weighted by Gasteiger charge is 2.57. The van der Waals surface area contributed by atoms with Crippen molar-refractivity contribution in [1.82, 2.24) is 0 Å². The molecule has 1 N–H and O–H groups in total. The lowest BCUT2D eigenvalue weighted by Gasteiger charge is -2.56. The summed E-state index contributed by atoms with van der Waals surface area (Å²) in [7, 11) is 0. The predicted molar refractivity (Wildman–Crippen MR) is 86.9 cm³/mol. The molecule has 4 aliphatic rings. The van der Waals surface area contributed by atoms with E-state index >= 15 is 0 Å². The van der Waals surface area contributed by atoms with E-state index in [0.29, 0.717) is 11.3 Å². The highest BCUT2D eigenvalue weighted by Crippen LogP contribution is 2.64. The Labute approximate surface area is 130 Å². The third-order valence-corrected chi connectivity index (χ3v) is 8.54. The Hall–Kier alpha value is -0.0400. The first-order valence-electron chi connectivity index (χ1n) is 9.79. The monoisotopic (exact) mass is 290 g/mol. The van der Waals surface area contributed by atoms with Gasteiger partial charge in [0, 0.05) is 0 Å². The first kappa shape index (κ1) is 14.5. The first-order valence-corrected chi connectivity index (χ1v) is 9.79. The zero-order chi connectivity index (χ0) is 14.6. The second kappa shape index (κ2) is 5.25. The molecular formula is C20H34O. The third kappa shape index (κ3) is 2.13. The molecule has 8 atom stereocenters. The summed E-state index contributed by atoms with van der Waals surface area (Å²) < 4.78 is 0. The van der Waals surface area contributed by atoms with Gasteiger partial charge in [-0.25, -0.2) is 0 Å². The summed E-state index contributed by atoms with van der Waals surface area (Å²) in [6, 6.07) is 0.